The van der Waals surface area contributed by atoms with Crippen LogP contribution in [0.25, 0.3) is 5.65 Å². The lowest BCUT2D eigenvalue weighted by Gasteiger charge is -2.34. The summed E-state index contributed by atoms with van der Waals surface area (Å²) in [5.41, 5.74) is 0.863. The second-order valence-corrected chi connectivity index (χ2v) is 6.84. The van der Waals surface area contributed by atoms with Gasteiger partial charge in [-0.2, -0.15) is 0 Å². The Morgan fingerprint density at radius 2 is 2.08 bits per heavy atom. The number of ether oxygens (including phenoxy) is 1. The molecule has 0 aromatic carbocycles. The zero-order chi connectivity index (χ0) is 17.8. The molecule has 1 amide bonds. The molecule has 2 aromatic heterocycles. The first-order valence-corrected chi connectivity index (χ1v) is 9.07. The summed E-state index contributed by atoms with van der Waals surface area (Å²) in [7, 11) is 0. The zero-order valence-electron chi connectivity index (χ0n) is 15.2. The lowest BCUT2D eigenvalue weighted by Crippen LogP contribution is -2.47. The highest BCUT2D eigenvalue weighted by atomic mass is 16.6. The van der Waals surface area contributed by atoms with Crippen molar-refractivity contribution in [2.24, 2.45) is 5.92 Å². The Balaban J connectivity index is 1.67. The molecule has 0 bridgehead atoms. The second kappa shape index (κ2) is 7.82. The van der Waals surface area contributed by atoms with E-state index in [4.69, 9.17) is 4.74 Å². The Hall–Kier alpha value is -2.15. The summed E-state index contributed by atoms with van der Waals surface area (Å²) in [5, 5.41) is 12.4. The molecule has 0 spiro atoms. The van der Waals surface area contributed by atoms with E-state index >= 15 is 0 Å². The van der Waals surface area contributed by atoms with Crippen molar-refractivity contribution in [3.8, 4) is 0 Å². The largest absolute Gasteiger partial charge is 0.450 e. The summed E-state index contributed by atoms with van der Waals surface area (Å²) in [5.74, 6) is 1.33. The van der Waals surface area contributed by atoms with Gasteiger partial charge in [0.25, 0.3) is 0 Å². The monoisotopic (exact) mass is 345 g/mol. The number of carbonyl (C=O) groups is 1. The number of hydrogen-bond acceptors (Lipinski definition) is 5. The maximum Gasteiger partial charge on any atom is 0.409 e. The fourth-order valence-corrected chi connectivity index (χ4v) is 3.33. The first kappa shape index (κ1) is 17.7. The molecule has 1 N–H and O–H groups in total. The molecule has 25 heavy (non-hydrogen) atoms. The van der Waals surface area contributed by atoms with Gasteiger partial charge in [-0.25, -0.2) is 4.79 Å². The van der Waals surface area contributed by atoms with Gasteiger partial charge in [-0.05, 0) is 37.8 Å². The Morgan fingerprint density at radius 3 is 2.76 bits per heavy atom. The standard InChI is InChI=1S/C18H27N5O2/c1-4-25-18(24)22-11-8-14(9-12-22)19-16(13(2)3)17-21-20-15-7-5-6-10-23(15)17/h5-7,10,13-14,16,19H,4,8-9,11-12H2,1-3H3. The molecule has 1 atom stereocenters. The van der Waals surface area contributed by atoms with E-state index in [1.54, 1.807) is 4.90 Å². The van der Waals surface area contributed by atoms with E-state index in [9.17, 15) is 4.79 Å². The van der Waals surface area contributed by atoms with Crippen LogP contribution in [-0.4, -0.2) is 51.3 Å². The number of likely N-dealkylation sites (tertiary alicyclic amines) is 1. The minimum absolute atomic E-state index is 0.122. The number of hydrogen-bond donors (Lipinski definition) is 1. The minimum Gasteiger partial charge on any atom is -0.450 e. The molecule has 1 aliphatic rings. The Kier molecular flexibility index (Phi) is 5.53. The quantitative estimate of drug-likeness (QED) is 0.902. The predicted octanol–water partition coefficient (Wildman–Crippen LogP) is 2.64. The van der Waals surface area contributed by atoms with Crippen molar-refractivity contribution in [2.45, 2.75) is 45.7 Å². The third-order valence-electron chi connectivity index (χ3n) is 4.72. The SMILES string of the molecule is CCOC(=O)N1CCC(NC(c2nnc3ccccn23)C(C)C)CC1. The second-order valence-electron chi connectivity index (χ2n) is 6.84. The predicted molar refractivity (Wildman–Crippen MR) is 95.3 cm³/mol. The molecule has 1 fully saturated rings. The van der Waals surface area contributed by atoms with Crippen LogP contribution in [0.2, 0.25) is 0 Å². The van der Waals surface area contributed by atoms with Crippen LogP contribution in [0.3, 0.4) is 0 Å². The van der Waals surface area contributed by atoms with Gasteiger partial charge in [-0.3, -0.25) is 4.40 Å². The van der Waals surface area contributed by atoms with Crippen molar-refractivity contribution in [3.05, 3.63) is 30.2 Å². The van der Waals surface area contributed by atoms with Gasteiger partial charge in [0.15, 0.2) is 11.5 Å². The van der Waals surface area contributed by atoms with Crippen LogP contribution >= 0.6 is 0 Å². The van der Waals surface area contributed by atoms with E-state index in [0.29, 0.717) is 18.6 Å². The van der Waals surface area contributed by atoms with E-state index in [0.717, 1.165) is 37.4 Å². The summed E-state index contributed by atoms with van der Waals surface area (Å²) in [6, 6.07) is 6.41. The molecule has 136 valence electrons. The summed E-state index contributed by atoms with van der Waals surface area (Å²) in [4.78, 5) is 13.6. The van der Waals surface area contributed by atoms with Gasteiger partial charge in [0.05, 0.1) is 12.6 Å². The molecule has 0 radical (unpaired) electrons. The number of aromatic nitrogens is 3. The lowest BCUT2D eigenvalue weighted by atomic mass is 9.98. The molecule has 1 unspecified atom stereocenters. The van der Waals surface area contributed by atoms with Gasteiger partial charge in [0.2, 0.25) is 0 Å². The number of pyridine rings is 1. The molecule has 7 heteroatoms. The van der Waals surface area contributed by atoms with Gasteiger partial charge in [0.1, 0.15) is 0 Å². The fourth-order valence-electron chi connectivity index (χ4n) is 3.33. The smallest absolute Gasteiger partial charge is 0.409 e. The van der Waals surface area contributed by atoms with Crippen LogP contribution in [0.5, 0.6) is 0 Å². The van der Waals surface area contributed by atoms with E-state index in [2.05, 4.69) is 29.4 Å². The van der Waals surface area contributed by atoms with Crippen molar-refractivity contribution in [3.63, 3.8) is 0 Å². The Morgan fingerprint density at radius 1 is 1.32 bits per heavy atom. The number of rotatable bonds is 5. The van der Waals surface area contributed by atoms with Gasteiger partial charge in [-0.15, -0.1) is 10.2 Å². The third kappa shape index (κ3) is 3.92. The van der Waals surface area contributed by atoms with Gasteiger partial charge >= 0.3 is 6.09 Å². The average Bonchev–Trinajstić information content (AvgIpc) is 3.04. The van der Waals surface area contributed by atoms with E-state index in [1.165, 1.54) is 0 Å². The highest BCUT2D eigenvalue weighted by Gasteiger charge is 2.28. The summed E-state index contributed by atoms with van der Waals surface area (Å²) < 4.78 is 7.14. The number of nitrogens with zero attached hydrogens (tertiary/aromatic N) is 4. The molecule has 0 aliphatic carbocycles. The van der Waals surface area contributed by atoms with Crippen molar-refractivity contribution in [1.82, 2.24) is 24.8 Å². The maximum atomic E-state index is 11.8. The molecular formula is C18H27N5O2. The fraction of sp³-hybridized carbons (Fsp3) is 0.611. The molecular weight excluding hydrogens is 318 g/mol. The van der Waals surface area contributed by atoms with Gasteiger partial charge in [0, 0.05) is 25.3 Å². The molecule has 3 rings (SSSR count). The minimum atomic E-state index is -0.204. The van der Waals surface area contributed by atoms with Gasteiger partial charge in [-0.1, -0.05) is 19.9 Å². The van der Waals surface area contributed by atoms with Crippen molar-refractivity contribution >= 4 is 11.7 Å². The maximum absolute atomic E-state index is 11.8. The van der Waals surface area contributed by atoms with Crippen LogP contribution in [0.1, 0.15) is 45.5 Å². The molecule has 1 saturated heterocycles. The highest BCUT2D eigenvalue weighted by molar-refractivity contribution is 5.67. The average molecular weight is 345 g/mol. The highest BCUT2D eigenvalue weighted by Crippen LogP contribution is 2.24. The molecule has 2 aromatic rings. The first-order valence-electron chi connectivity index (χ1n) is 9.07. The van der Waals surface area contributed by atoms with E-state index in [1.807, 2.05) is 35.7 Å². The normalized spacial score (nSPS) is 17.2. The lowest BCUT2D eigenvalue weighted by molar-refractivity contribution is 0.0933. The van der Waals surface area contributed by atoms with Crippen molar-refractivity contribution < 1.29 is 9.53 Å². The van der Waals surface area contributed by atoms with Crippen LogP contribution in [0.4, 0.5) is 4.79 Å². The number of fused-ring (bicyclic) bond motifs is 1. The first-order chi connectivity index (χ1) is 12.1. The van der Waals surface area contributed by atoms with Gasteiger partial charge < -0.3 is 15.0 Å². The van der Waals surface area contributed by atoms with Crippen molar-refractivity contribution in [1.29, 1.82) is 0 Å². The van der Waals surface area contributed by atoms with E-state index < -0.39 is 0 Å². The number of carbonyl (C=O) groups excluding carboxylic acids is 1. The summed E-state index contributed by atoms with van der Waals surface area (Å²) in [6.07, 6.45) is 3.63. The third-order valence-corrected chi connectivity index (χ3v) is 4.72. The number of nitrogens with one attached hydrogen (secondary N) is 1. The zero-order valence-corrected chi connectivity index (χ0v) is 15.2. The van der Waals surface area contributed by atoms with Crippen LogP contribution in [-0.2, 0) is 4.74 Å². The number of amides is 1. The summed E-state index contributed by atoms with van der Waals surface area (Å²) in [6.45, 7) is 8.09. The van der Waals surface area contributed by atoms with E-state index in [-0.39, 0.29) is 12.1 Å². The van der Waals surface area contributed by atoms with Crippen LogP contribution in [0, 0.1) is 5.92 Å². The van der Waals surface area contributed by atoms with Crippen molar-refractivity contribution in [2.75, 3.05) is 19.7 Å². The molecule has 1 aliphatic heterocycles. The van der Waals surface area contributed by atoms with Crippen LogP contribution in [0.15, 0.2) is 24.4 Å². The molecule has 7 nitrogen and oxygen atoms in total. The number of piperidine rings is 1. The Bertz CT molecular complexity index is 706. The topological polar surface area (TPSA) is 71.8 Å². The molecule has 3 heterocycles. The molecule has 0 saturated carbocycles. The Labute approximate surface area is 148 Å². The summed E-state index contributed by atoms with van der Waals surface area (Å²) >= 11 is 0. The van der Waals surface area contributed by atoms with Crippen LogP contribution < -0.4 is 5.32 Å².